The second-order valence-corrected chi connectivity index (χ2v) is 3.85. The van der Waals surface area contributed by atoms with Crippen LogP contribution >= 0.6 is 11.6 Å². The van der Waals surface area contributed by atoms with E-state index in [2.05, 4.69) is 0 Å². The molecule has 14 heavy (non-hydrogen) atoms. The highest BCUT2D eigenvalue weighted by atomic mass is 35.5. The molecule has 0 radical (unpaired) electrons. The highest BCUT2D eigenvalue weighted by Gasteiger charge is 2.33. The van der Waals surface area contributed by atoms with Crippen LogP contribution in [0.4, 0.5) is 0 Å². The maximum Gasteiger partial charge on any atom is 0.328 e. The summed E-state index contributed by atoms with van der Waals surface area (Å²) in [5.41, 5.74) is 5.51. The number of carbonyl (C=O) groups is 1. The van der Waals surface area contributed by atoms with Gasteiger partial charge in [-0.15, -0.1) is 0 Å². The van der Waals surface area contributed by atoms with Crippen molar-refractivity contribution in [3.8, 4) is 0 Å². The lowest BCUT2D eigenvalue weighted by atomic mass is 9.90. The van der Waals surface area contributed by atoms with Crippen LogP contribution in [0.2, 0.25) is 5.02 Å². The smallest absolute Gasteiger partial charge is 0.328 e. The fourth-order valence-corrected chi connectivity index (χ4v) is 1.81. The molecule has 1 aromatic rings. The summed E-state index contributed by atoms with van der Waals surface area (Å²) in [6, 6.07) is 5.19. The molecule has 0 fully saturated rings. The van der Waals surface area contributed by atoms with Crippen molar-refractivity contribution in [3.63, 3.8) is 0 Å². The van der Waals surface area contributed by atoms with Crippen molar-refractivity contribution in [1.82, 2.24) is 0 Å². The van der Waals surface area contributed by atoms with E-state index in [0.717, 1.165) is 5.56 Å². The zero-order chi connectivity index (χ0) is 10.9. The number of carboxylic acids is 1. The largest absolute Gasteiger partial charge is 0.480 e. The molecule has 4 heteroatoms. The van der Waals surface area contributed by atoms with Crippen LogP contribution in [0.15, 0.2) is 18.2 Å². The second-order valence-electron chi connectivity index (χ2n) is 3.44. The maximum absolute atomic E-state index is 10.9. The Morgan fingerprint density at radius 1 is 1.57 bits per heavy atom. The van der Waals surface area contributed by atoms with E-state index in [9.17, 15) is 4.79 Å². The molecule has 0 aliphatic heterocycles. The van der Waals surface area contributed by atoms with E-state index in [-0.39, 0.29) is 0 Å². The third-order valence-electron chi connectivity index (χ3n) is 2.19. The molecule has 0 spiro atoms. The Kier molecular flexibility index (Phi) is 2.83. The van der Waals surface area contributed by atoms with Crippen LogP contribution in [0.3, 0.4) is 0 Å². The molecule has 0 saturated heterocycles. The van der Waals surface area contributed by atoms with Crippen LogP contribution in [0, 0.1) is 6.92 Å². The minimum Gasteiger partial charge on any atom is -0.480 e. The highest BCUT2D eigenvalue weighted by molar-refractivity contribution is 6.31. The number of rotatable bonds is 2. The van der Waals surface area contributed by atoms with Gasteiger partial charge in [-0.05, 0) is 25.5 Å². The first-order valence-electron chi connectivity index (χ1n) is 4.15. The summed E-state index contributed by atoms with van der Waals surface area (Å²) in [5.74, 6) is -1.09. The quantitative estimate of drug-likeness (QED) is 0.789. The van der Waals surface area contributed by atoms with Crippen molar-refractivity contribution >= 4 is 17.6 Å². The minimum absolute atomic E-state index is 0.386. The standard InChI is InChI=1S/C10H12ClNO2/c1-6-4-3-5-7(11)8(6)10(2,12)9(13)14/h3-5H,12H2,1-2H3,(H,13,14)/t10-/m1/s1. The molecule has 76 valence electrons. The van der Waals surface area contributed by atoms with Gasteiger partial charge in [-0.3, -0.25) is 0 Å². The molecule has 0 saturated carbocycles. The van der Waals surface area contributed by atoms with Crippen LogP contribution in [-0.4, -0.2) is 11.1 Å². The molecule has 0 aromatic heterocycles. The number of nitrogens with two attached hydrogens (primary N) is 1. The van der Waals surface area contributed by atoms with Gasteiger partial charge in [-0.2, -0.15) is 0 Å². The number of aliphatic carboxylic acids is 1. The van der Waals surface area contributed by atoms with Gasteiger partial charge in [0.15, 0.2) is 0 Å². The van der Waals surface area contributed by atoms with Crippen molar-refractivity contribution in [2.24, 2.45) is 5.73 Å². The van der Waals surface area contributed by atoms with Crippen molar-refractivity contribution in [2.75, 3.05) is 0 Å². The Balaban J connectivity index is 3.38. The first-order chi connectivity index (χ1) is 6.37. The Labute approximate surface area is 87.5 Å². The van der Waals surface area contributed by atoms with Crippen LogP contribution in [0.25, 0.3) is 0 Å². The van der Waals surface area contributed by atoms with Gasteiger partial charge >= 0.3 is 5.97 Å². The Bertz CT molecular complexity index is 354. The lowest BCUT2D eigenvalue weighted by Gasteiger charge is -2.23. The fourth-order valence-electron chi connectivity index (χ4n) is 1.40. The summed E-state index contributed by atoms with van der Waals surface area (Å²) >= 11 is 5.91. The molecule has 0 aliphatic carbocycles. The SMILES string of the molecule is Cc1cccc(Cl)c1[C@@](C)(N)C(=O)O. The lowest BCUT2D eigenvalue weighted by Crippen LogP contribution is -2.42. The average molecular weight is 214 g/mol. The van der Waals surface area contributed by atoms with Gasteiger partial charge in [-0.25, -0.2) is 4.79 Å². The topological polar surface area (TPSA) is 63.3 Å². The number of hydrogen-bond acceptors (Lipinski definition) is 2. The molecule has 0 aliphatic rings. The molecule has 0 unspecified atom stereocenters. The van der Waals surface area contributed by atoms with E-state index in [0.29, 0.717) is 10.6 Å². The summed E-state index contributed by atoms with van der Waals surface area (Å²) in [5, 5.41) is 9.35. The van der Waals surface area contributed by atoms with Gasteiger partial charge in [-0.1, -0.05) is 23.7 Å². The Morgan fingerprint density at radius 3 is 2.57 bits per heavy atom. The van der Waals surface area contributed by atoms with Crippen LogP contribution in [0.1, 0.15) is 18.1 Å². The van der Waals surface area contributed by atoms with E-state index in [1.807, 2.05) is 0 Å². The zero-order valence-electron chi connectivity index (χ0n) is 8.04. The number of benzene rings is 1. The summed E-state index contributed by atoms with van der Waals surface area (Å²) in [4.78, 5) is 10.9. The van der Waals surface area contributed by atoms with Crippen molar-refractivity contribution in [3.05, 3.63) is 34.3 Å². The fraction of sp³-hybridized carbons (Fsp3) is 0.300. The molecule has 1 rings (SSSR count). The van der Waals surface area contributed by atoms with Crippen molar-refractivity contribution in [2.45, 2.75) is 19.4 Å². The molecule has 3 nitrogen and oxygen atoms in total. The Morgan fingerprint density at radius 2 is 2.14 bits per heavy atom. The lowest BCUT2D eigenvalue weighted by molar-refractivity contribution is -0.143. The maximum atomic E-state index is 10.9. The molecule has 0 bridgehead atoms. The predicted molar refractivity (Wildman–Crippen MR) is 55.4 cm³/mol. The first-order valence-corrected chi connectivity index (χ1v) is 4.53. The van der Waals surface area contributed by atoms with E-state index in [1.54, 1.807) is 25.1 Å². The predicted octanol–water partition coefficient (Wildman–Crippen LogP) is 1.91. The van der Waals surface area contributed by atoms with E-state index in [4.69, 9.17) is 22.4 Å². The molecule has 1 atom stereocenters. The monoisotopic (exact) mass is 213 g/mol. The molecule has 0 heterocycles. The van der Waals surface area contributed by atoms with Crippen LogP contribution < -0.4 is 5.73 Å². The summed E-state index contributed by atoms with van der Waals surface area (Å²) in [7, 11) is 0. The number of hydrogen-bond donors (Lipinski definition) is 2. The Hall–Kier alpha value is -1.06. The van der Waals surface area contributed by atoms with Gasteiger partial charge in [0.25, 0.3) is 0 Å². The third-order valence-corrected chi connectivity index (χ3v) is 2.50. The third kappa shape index (κ3) is 1.74. The normalized spacial score (nSPS) is 14.9. The van der Waals surface area contributed by atoms with E-state index in [1.165, 1.54) is 6.92 Å². The van der Waals surface area contributed by atoms with Gasteiger partial charge in [0, 0.05) is 10.6 Å². The number of halogens is 1. The molecule has 1 aromatic carbocycles. The zero-order valence-corrected chi connectivity index (χ0v) is 8.80. The van der Waals surface area contributed by atoms with Gasteiger partial charge in [0.2, 0.25) is 0 Å². The van der Waals surface area contributed by atoms with E-state index < -0.39 is 11.5 Å². The molecular weight excluding hydrogens is 202 g/mol. The van der Waals surface area contributed by atoms with Gasteiger partial charge in [0.05, 0.1) is 0 Å². The molecular formula is C10H12ClNO2. The highest BCUT2D eigenvalue weighted by Crippen LogP contribution is 2.29. The first kappa shape index (κ1) is 11.0. The second kappa shape index (κ2) is 3.59. The van der Waals surface area contributed by atoms with Crippen LogP contribution in [0.5, 0.6) is 0 Å². The van der Waals surface area contributed by atoms with E-state index >= 15 is 0 Å². The number of aryl methyl sites for hydroxylation is 1. The van der Waals surface area contributed by atoms with Crippen LogP contribution in [-0.2, 0) is 10.3 Å². The molecule has 0 amide bonds. The number of carboxylic acid groups (broad SMARTS) is 1. The summed E-state index contributed by atoms with van der Waals surface area (Å²) < 4.78 is 0. The minimum atomic E-state index is -1.44. The van der Waals surface area contributed by atoms with Gasteiger partial charge in [0.1, 0.15) is 5.54 Å². The molecule has 3 N–H and O–H groups in total. The average Bonchev–Trinajstić information content (AvgIpc) is 2.02. The van der Waals surface area contributed by atoms with Crippen molar-refractivity contribution in [1.29, 1.82) is 0 Å². The van der Waals surface area contributed by atoms with Crippen molar-refractivity contribution < 1.29 is 9.90 Å². The summed E-state index contributed by atoms with van der Waals surface area (Å²) in [6.07, 6.45) is 0. The summed E-state index contributed by atoms with van der Waals surface area (Å²) in [6.45, 7) is 3.22. The van der Waals surface area contributed by atoms with Gasteiger partial charge < -0.3 is 10.8 Å².